The largest absolute Gasteiger partial charge is 0.490 e. The number of oxime groups is 1. The van der Waals surface area contributed by atoms with Crippen LogP contribution in [0.15, 0.2) is 16.6 Å². The van der Waals surface area contributed by atoms with Crippen LogP contribution < -0.4 is 5.48 Å². The van der Waals surface area contributed by atoms with Crippen molar-refractivity contribution in [3.8, 4) is 0 Å². The van der Waals surface area contributed by atoms with E-state index in [0.29, 0.717) is 6.61 Å². The van der Waals surface area contributed by atoms with Crippen LogP contribution in [0.5, 0.6) is 0 Å². The molecule has 0 saturated heterocycles. The van der Waals surface area contributed by atoms with Crippen molar-refractivity contribution in [3.63, 3.8) is 0 Å². The summed E-state index contributed by atoms with van der Waals surface area (Å²) < 4.78 is 5.31. The van der Waals surface area contributed by atoms with Crippen molar-refractivity contribution in [1.82, 2.24) is 5.48 Å². The van der Waals surface area contributed by atoms with Crippen molar-refractivity contribution < 1.29 is 9.68 Å². The smallest absolute Gasteiger partial charge is 0.165 e. The predicted octanol–water partition coefficient (Wildman–Crippen LogP) is 1.17. The van der Waals surface area contributed by atoms with E-state index < -0.39 is 0 Å². The van der Waals surface area contributed by atoms with Gasteiger partial charge in [-0.3, -0.25) is 4.94 Å². The Balaban J connectivity index is 2.76. The van der Waals surface area contributed by atoms with Crippen LogP contribution in [-0.2, 0) is 9.68 Å². The summed E-state index contributed by atoms with van der Waals surface area (Å²) in [6, 6.07) is 0. The first-order chi connectivity index (χ1) is 5.25. The van der Waals surface area contributed by atoms with Gasteiger partial charge in [0, 0.05) is 0 Å². The standard InChI is InChI=1S/C7H12N2O2/c1-4-10-7-5(2)8-11-9-6(7)3/h8H,4H2,1-3H3. The van der Waals surface area contributed by atoms with Gasteiger partial charge < -0.3 is 4.74 Å². The van der Waals surface area contributed by atoms with E-state index in [1.54, 1.807) is 0 Å². The van der Waals surface area contributed by atoms with Crippen molar-refractivity contribution in [2.75, 3.05) is 6.61 Å². The first-order valence-corrected chi connectivity index (χ1v) is 3.56. The molecule has 1 N–H and O–H groups in total. The number of hydrogen-bond acceptors (Lipinski definition) is 4. The van der Waals surface area contributed by atoms with Crippen LogP contribution in [0.2, 0.25) is 0 Å². The Morgan fingerprint density at radius 1 is 1.55 bits per heavy atom. The minimum Gasteiger partial charge on any atom is -0.490 e. The molecular formula is C7H12N2O2. The van der Waals surface area contributed by atoms with E-state index in [0.717, 1.165) is 17.2 Å². The maximum absolute atomic E-state index is 5.31. The van der Waals surface area contributed by atoms with Gasteiger partial charge in [-0.1, -0.05) is 5.16 Å². The second kappa shape index (κ2) is 3.27. The predicted molar refractivity (Wildman–Crippen MR) is 41.7 cm³/mol. The number of ether oxygens (including phenoxy) is 1. The summed E-state index contributed by atoms with van der Waals surface area (Å²) in [5.74, 6) is 0.777. The minimum atomic E-state index is 0.640. The lowest BCUT2D eigenvalue weighted by atomic mass is 10.3. The molecule has 1 aliphatic heterocycles. The molecule has 0 atom stereocenters. The van der Waals surface area contributed by atoms with Crippen molar-refractivity contribution in [2.45, 2.75) is 20.8 Å². The van der Waals surface area contributed by atoms with Crippen LogP contribution in [0.25, 0.3) is 0 Å². The highest BCUT2D eigenvalue weighted by atomic mass is 16.8. The topological polar surface area (TPSA) is 42.8 Å². The van der Waals surface area contributed by atoms with E-state index in [1.165, 1.54) is 0 Å². The SMILES string of the molecule is CCOC1=C(C)NON=C1C. The monoisotopic (exact) mass is 156 g/mol. The molecule has 0 bridgehead atoms. The Hall–Kier alpha value is -1.19. The third-order valence-corrected chi connectivity index (χ3v) is 1.34. The van der Waals surface area contributed by atoms with E-state index in [1.807, 2.05) is 20.8 Å². The number of hydrogen-bond donors (Lipinski definition) is 1. The number of allylic oxidation sites excluding steroid dienone is 2. The highest BCUT2D eigenvalue weighted by Crippen LogP contribution is 2.10. The molecule has 0 aromatic rings. The van der Waals surface area contributed by atoms with Gasteiger partial charge in [0.1, 0.15) is 5.71 Å². The molecular weight excluding hydrogens is 144 g/mol. The number of nitrogens with one attached hydrogen (secondary N) is 1. The molecule has 0 amide bonds. The van der Waals surface area contributed by atoms with Gasteiger partial charge in [-0.25, -0.2) is 0 Å². The first kappa shape index (κ1) is 7.91. The van der Waals surface area contributed by atoms with Crippen molar-refractivity contribution in [1.29, 1.82) is 0 Å². The van der Waals surface area contributed by atoms with Gasteiger partial charge in [-0.2, -0.15) is 5.48 Å². The van der Waals surface area contributed by atoms with E-state index in [4.69, 9.17) is 4.74 Å². The molecule has 0 fully saturated rings. The highest BCUT2D eigenvalue weighted by Gasteiger charge is 2.12. The lowest BCUT2D eigenvalue weighted by Crippen LogP contribution is -2.21. The fraction of sp³-hybridized carbons (Fsp3) is 0.571. The van der Waals surface area contributed by atoms with Gasteiger partial charge in [-0.05, 0) is 20.8 Å². The number of nitrogens with zero attached hydrogens (tertiary/aromatic N) is 1. The molecule has 0 aromatic heterocycles. The zero-order valence-electron chi connectivity index (χ0n) is 6.97. The Labute approximate surface area is 65.8 Å². The molecule has 0 radical (unpaired) electrons. The summed E-state index contributed by atoms with van der Waals surface area (Å²) in [6.45, 7) is 6.29. The number of rotatable bonds is 2. The molecule has 1 rings (SSSR count). The zero-order valence-corrected chi connectivity index (χ0v) is 6.97. The van der Waals surface area contributed by atoms with Crippen LogP contribution in [0.1, 0.15) is 20.8 Å². The fourth-order valence-corrected chi connectivity index (χ4v) is 0.876. The highest BCUT2D eigenvalue weighted by molar-refractivity contribution is 5.96. The number of hydroxylamine groups is 1. The van der Waals surface area contributed by atoms with Gasteiger partial charge in [-0.15, -0.1) is 0 Å². The van der Waals surface area contributed by atoms with Crippen LogP contribution in [0.3, 0.4) is 0 Å². The first-order valence-electron chi connectivity index (χ1n) is 3.56. The van der Waals surface area contributed by atoms with E-state index in [-0.39, 0.29) is 0 Å². The maximum atomic E-state index is 5.31. The van der Waals surface area contributed by atoms with Gasteiger partial charge in [0.05, 0.1) is 12.3 Å². The van der Waals surface area contributed by atoms with Crippen molar-refractivity contribution in [3.05, 3.63) is 11.5 Å². The summed E-state index contributed by atoms with van der Waals surface area (Å²) >= 11 is 0. The lowest BCUT2D eigenvalue weighted by molar-refractivity contribution is 0.0558. The van der Waals surface area contributed by atoms with E-state index in [9.17, 15) is 0 Å². The normalized spacial score (nSPS) is 16.8. The van der Waals surface area contributed by atoms with Crippen molar-refractivity contribution >= 4 is 5.71 Å². The molecule has 0 aromatic carbocycles. The van der Waals surface area contributed by atoms with Crippen molar-refractivity contribution in [2.24, 2.45) is 5.16 Å². The van der Waals surface area contributed by atoms with Gasteiger partial charge in [0.15, 0.2) is 5.76 Å². The Morgan fingerprint density at radius 3 is 2.82 bits per heavy atom. The summed E-state index contributed by atoms with van der Waals surface area (Å²) in [5.41, 5.74) is 4.24. The Kier molecular flexibility index (Phi) is 2.36. The van der Waals surface area contributed by atoms with Gasteiger partial charge in [0.2, 0.25) is 0 Å². The summed E-state index contributed by atoms with van der Waals surface area (Å²) in [6.07, 6.45) is 0. The maximum Gasteiger partial charge on any atom is 0.165 e. The molecule has 0 spiro atoms. The minimum absolute atomic E-state index is 0.640. The Bertz CT molecular complexity index is 208. The summed E-state index contributed by atoms with van der Waals surface area (Å²) in [5, 5.41) is 3.70. The molecule has 11 heavy (non-hydrogen) atoms. The molecule has 0 unspecified atom stereocenters. The van der Waals surface area contributed by atoms with Crippen LogP contribution in [0, 0.1) is 0 Å². The third-order valence-electron chi connectivity index (χ3n) is 1.34. The fourth-order valence-electron chi connectivity index (χ4n) is 0.876. The van der Waals surface area contributed by atoms with Crippen LogP contribution in [-0.4, -0.2) is 12.3 Å². The van der Waals surface area contributed by atoms with E-state index in [2.05, 4.69) is 15.6 Å². The quantitative estimate of drug-likeness (QED) is 0.652. The lowest BCUT2D eigenvalue weighted by Gasteiger charge is -2.16. The second-order valence-corrected chi connectivity index (χ2v) is 2.26. The molecule has 0 aliphatic carbocycles. The Morgan fingerprint density at radius 2 is 2.27 bits per heavy atom. The second-order valence-electron chi connectivity index (χ2n) is 2.26. The molecule has 1 aliphatic rings. The van der Waals surface area contributed by atoms with Gasteiger partial charge >= 0.3 is 0 Å². The molecule has 62 valence electrons. The molecule has 4 heteroatoms. The molecule has 1 heterocycles. The van der Waals surface area contributed by atoms with Crippen LogP contribution in [0.4, 0.5) is 0 Å². The summed E-state index contributed by atoms with van der Waals surface area (Å²) in [7, 11) is 0. The third kappa shape index (κ3) is 1.63. The van der Waals surface area contributed by atoms with Gasteiger partial charge in [0.25, 0.3) is 0 Å². The average molecular weight is 156 g/mol. The molecule has 0 saturated carbocycles. The average Bonchev–Trinajstić information content (AvgIpc) is 1.97. The summed E-state index contributed by atoms with van der Waals surface area (Å²) in [4.78, 5) is 4.67. The van der Waals surface area contributed by atoms with Crippen LogP contribution >= 0.6 is 0 Å². The molecule has 4 nitrogen and oxygen atoms in total. The zero-order chi connectivity index (χ0) is 8.27. The van der Waals surface area contributed by atoms with E-state index >= 15 is 0 Å².